The van der Waals surface area contributed by atoms with Crippen LogP contribution in [0.4, 0.5) is 10.1 Å². The van der Waals surface area contributed by atoms with Gasteiger partial charge in [-0.3, -0.25) is 9.59 Å². The first-order valence-electron chi connectivity index (χ1n) is 4.53. The minimum absolute atomic E-state index is 0.0322. The number of rotatable bonds is 1. The number of carbonyl (C=O) groups excluding carboxylic acids is 2. The van der Waals surface area contributed by atoms with E-state index >= 15 is 0 Å². The summed E-state index contributed by atoms with van der Waals surface area (Å²) in [6.07, 6.45) is 1.16. The average Bonchev–Trinajstić information content (AvgIpc) is 2.44. The van der Waals surface area contributed by atoms with E-state index in [-0.39, 0.29) is 16.3 Å². The van der Waals surface area contributed by atoms with Crippen LogP contribution in [0.15, 0.2) is 29.8 Å². The molecule has 1 aromatic carbocycles. The molecule has 82 valence electrons. The van der Waals surface area contributed by atoms with Gasteiger partial charge in [0.15, 0.2) is 0 Å². The maximum Gasteiger partial charge on any atom is 0.261 e. The van der Waals surface area contributed by atoms with Crippen LogP contribution in [0.3, 0.4) is 0 Å². The monoisotopic (exact) mass is 239 g/mol. The summed E-state index contributed by atoms with van der Waals surface area (Å²) in [5.41, 5.74) is 0.0802. The predicted octanol–water partition coefficient (Wildman–Crippen LogP) is 2.30. The normalized spacial score (nSPS) is 15.7. The molecule has 0 saturated carbocycles. The molecule has 0 saturated heterocycles. The molecule has 0 unspecified atom stereocenters. The van der Waals surface area contributed by atoms with Gasteiger partial charge in [-0.25, -0.2) is 9.29 Å². The Morgan fingerprint density at radius 3 is 2.50 bits per heavy atom. The molecule has 1 heterocycles. The Morgan fingerprint density at radius 2 is 2.00 bits per heavy atom. The van der Waals surface area contributed by atoms with Gasteiger partial charge in [0.2, 0.25) is 0 Å². The molecule has 2 rings (SSSR count). The van der Waals surface area contributed by atoms with E-state index in [4.69, 9.17) is 11.6 Å². The SMILES string of the molecule is CC1=CC(=O)N(c2c(F)cccc2Cl)C1=O. The zero-order valence-corrected chi connectivity index (χ0v) is 9.08. The van der Waals surface area contributed by atoms with E-state index in [0.717, 1.165) is 17.0 Å². The number of para-hydroxylation sites is 1. The van der Waals surface area contributed by atoms with Crippen molar-refractivity contribution in [2.75, 3.05) is 4.90 Å². The number of benzene rings is 1. The lowest BCUT2D eigenvalue weighted by molar-refractivity contribution is -0.120. The van der Waals surface area contributed by atoms with Crippen LogP contribution in [0.1, 0.15) is 6.92 Å². The summed E-state index contributed by atoms with van der Waals surface area (Å²) in [5, 5.41) is 0.0322. The predicted molar refractivity (Wildman–Crippen MR) is 57.7 cm³/mol. The number of anilines is 1. The van der Waals surface area contributed by atoms with Crippen molar-refractivity contribution in [1.29, 1.82) is 0 Å². The maximum absolute atomic E-state index is 13.5. The topological polar surface area (TPSA) is 37.4 Å². The molecule has 5 heteroatoms. The van der Waals surface area contributed by atoms with Crippen molar-refractivity contribution in [2.24, 2.45) is 0 Å². The first kappa shape index (κ1) is 10.8. The minimum atomic E-state index is -0.697. The van der Waals surface area contributed by atoms with Crippen molar-refractivity contribution in [3.05, 3.63) is 40.7 Å². The lowest BCUT2D eigenvalue weighted by Crippen LogP contribution is -2.31. The average molecular weight is 240 g/mol. The smallest absolute Gasteiger partial charge is 0.261 e. The fraction of sp³-hybridized carbons (Fsp3) is 0.0909. The zero-order valence-electron chi connectivity index (χ0n) is 8.33. The van der Waals surface area contributed by atoms with E-state index in [1.54, 1.807) is 0 Å². The number of nitrogens with zero attached hydrogens (tertiary/aromatic N) is 1. The summed E-state index contributed by atoms with van der Waals surface area (Å²) < 4.78 is 13.5. The van der Waals surface area contributed by atoms with Crippen LogP contribution in [0.5, 0.6) is 0 Å². The van der Waals surface area contributed by atoms with Crippen LogP contribution >= 0.6 is 11.6 Å². The molecule has 0 atom stereocenters. The van der Waals surface area contributed by atoms with E-state index in [2.05, 4.69) is 0 Å². The number of carbonyl (C=O) groups is 2. The van der Waals surface area contributed by atoms with Gasteiger partial charge in [-0.15, -0.1) is 0 Å². The molecule has 3 nitrogen and oxygen atoms in total. The van der Waals surface area contributed by atoms with Gasteiger partial charge in [0, 0.05) is 11.6 Å². The zero-order chi connectivity index (χ0) is 11.9. The first-order valence-corrected chi connectivity index (χ1v) is 4.91. The summed E-state index contributed by atoms with van der Waals surface area (Å²) in [5.74, 6) is -1.82. The van der Waals surface area contributed by atoms with Crippen molar-refractivity contribution >= 4 is 29.1 Å². The lowest BCUT2D eigenvalue weighted by atomic mass is 10.2. The van der Waals surface area contributed by atoms with Crippen LogP contribution in [0.25, 0.3) is 0 Å². The van der Waals surface area contributed by atoms with Gasteiger partial charge < -0.3 is 0 Å². The summed E-state index contributed by atoms with van der Waals surface area (Å²) in [6, 6.07) is 3.98. The number of halogens is 2. The Balaban J connectivity index is 2.55. The molecule has 1 aromatic rings. The van der Waals surface area contributed by atoms with Crippen LogP contribution in [0, 0.1) is 5.82 Å². The highest BCUT2D eigenvalue weighted by atomic mass is 35.5. The molecular formula is C11H7ClFNO2. The van der Waals surface area contributed by atoms with Crippen molar-refractivity contribution in [3.8, 4) is 0 Å². The summed E-state index contributed by atoms with van der Waals surface area (Å²) >= 11 is 5.78. The minimum Gasteiger partial charge on any atom is -0.269 e. The Morgan fingerprint density at radius 1 is 1.31 bits per heavy atom. The number of imide groups is 1. The highest BCUT2D eigenvalue weighted by molar-refractivity contribution is 6.38. The van der Waals surface area contributed by atoms with E-state index in [9.17, 15) is 14.0 Å². The number of hydrogen-bond acceptors (Lipinski definition) is 2. The molecule has 0 fully saturated rings. The number of amides is 2. The molecule has 1 aliphatic heterocycles. The quantitative estimate of drug-likeness (QED) is 0.705. The van der Waals surface area contributed by atoms with Gasteiger partial charge in [-0.2, -0.15) is 0 Å². The Kier molecular flexibility index (Phi) is 2.52. The molecular weight excluding hydrogens is 233 g/mol. The largest absolute Gasteiger partial charge is 0.269 e. The Labute approximate surface area is 96.1 Å². The third-order valence-electron chi connectivity index (χ3n) is 2.26. The number of hydrogen-bond donors (Lipinski definition) is 0. The van der Waals surface area contributed by atoms with E-state index in [1.165, 1.54) is 19.1 Å². The Hall–Kier alpha value is -1.68. The molecule has 1 aliphatic rings. The standard InChI is InChI=1S/C11H7ClFNO2/c1-6-5-9(15)14(11(6)16)10-7(12)3-2-4-8(10)13/h2-5H,1H3. The molecule has 0 spiro atoms. The van der Waals surface area contributed by atoms with Gasteiger partial charge in [0.05, 0.1) is 5.02 Å². The summed E-state index contributed by atoms with van der Waals surface area (Å²) in [7, 11) is 0. The molecule has 16 heavy (non-hydrogen) atoms. The van der Waals surface area contributed by atoms with Crippen LogP contribution in [-0.4, -0.2) is 11.8 Å². The van der Waals surface area contributed by atoms with Gasteiger partial charge in [0.25, 0.3) is 11.8 Å². The highest BCUT2D eigenvalue weighted by Crippen LogP contribution is 2.32. The first-order chi connectivity index (χ1) is 7.52. The Bertz CT molecular complexity index is 504. The third kappa shape index (κ3) is 1.51. The van der Waals surface area contributed by atoms with E-state index < -0.39 is 17.6 Å². The van der Waals surface area contributed by atoms with Crippen molar-refractivity contribution < 1.29 is 14.0 Å². The second-order valence-corrected chi connectivity index (χ2v) is 3.78. The van der Waals surface area contributed by atoms with Crippen LogP contribution in [-0.2, 0) is 9.59 Å². The van der Waals surface area contributed by atoms with Gasteiger partial charge in [-0.1, -0.05) is 17.7 Å². The van der Waals surface area contributed by atoms with Gasteiger partial charge in [0.1, 0.15) is 11.5 Å². The highest BCUT2D eigenvalue weighted by Gasteiger charge is 2.32. The molecule has 0 bridgehead atoms. The fourth-order valence-electron chi connectivity index (χ4n) is 1.50. The molecule has 0 aromatic heterocycles. The van der Waals surface area contributed by atoms with Crippen LogP contribution in [0.2, 0.25) is 5.02 Å². The van der Waals surface area contributed by atoms with Crippen LogP contribution < -0.4 is 4.90 Å². The van der Waals surface area contributed by atoms with Crippen molar-refractivity contribution in [3.63, 3.8) is 0 Å². The summed E-state index contributed by atoms with van der Waals surface area (Å²) in [4.78, 5) is 23.9. The van der Waals surface area contributed by atoms with Gasteiger partial charge in [-0.05, 0) is 19.1 Å². The second kappa shape index (κ2) is 3.72. The summed E-state index contributed by atoms with van der Waals surface area (Å²) in [6.45, 7) is 1.50. The van der Waals surface area contributed by atoms with Crippen molar-refractivity contribution in [2.45, 2.75) is 6.92 Å². The molecule has 0 aliphatic carbocycles. The van der Waals surface area contributed by atoms with Gasteiger partial charge >= 0.3 is 0 Å². The third-order valence-corrected chi connectivity index (χ3v) is 2.57. The maximum atomic E-state index is 13.5. The van der Waals surface area contributed by atoms with Crippen molar-refractivity contribution in [1.82, 2.24) is 0 Å². The van der Waals surface area contributed by atoms with E-state index in [1.807, 2.05) is 0 Å². The molecule has 2 amide bonds. The lowest BCUT2D eigenvalue weighted by Gasteiger charge is -2.16. The van der Waals surface area contributed by atoms with E-state index in [0.29, 0.717) is 0 Å². The molecule has 0 N–H and O–H groups in total. The second-order valence-electron chi connectivity index (χ2n) is 3.38. The fourth-order valence-corrected chi connectivity index (χ4v) is 1.75. The molecule has 0 radical (unpaired) electrons.